The van der Waals surface area contributed by atoms with Crippen LogP contribution in [0.2, 0.25) is 15.1 Å². The summed E-state index contributed by atoms with van der Waals surface area (Å²) in [6.07, 6.45) is 1.61. The molecule has 0 unspecified atom stereocenters. The summed E-state index contributed by atoms with van der Waals surface area (Å²) in [6, 6.07) is 26.8. The Kier molecular flexibility index (Phi) is 6.05. The number of imide groups is 1. The number of carbonyl (C=O) groups is 3. The molecule has 41 heavy (non-hydrogen) atoms. The lowest BCUT2D eigenvalue weighted by Gasteiger charge is -2.52. The van der Waals surface area contributed by atoms with Gasteiger partial charge in [0.05, 0.1) is 28.0 Å². The summed E-state index contributed by atoms with van der Waals surface area (Å²) in [5.74, 6) is -2.99. The van der Waals surface area contributed by atoms with Crippen LogP contribution >= 0.6 is 34.8 Å². The van der Waals surface area contributed by atoms with E-state index in [1.54, 1.807) is 42.6 Å². The molecule has 2 atom stereocenters. The van der Waals surface area contributed by atoms with E-state index in [4.69, 9.17) is 34.8 Å². The van der Waals surface area contributed by atoms with Crippen molar-refractivity contribution in [3.8, 4) is 0 Å². The summed E-state index contributed by atoms with van der Waals surface area (Å²) in [5, 5.41) is 5.54. The number of hydrazone groups is 1. The van der Waals surface area contributed by atoms with E-state index in [9.17, 15) is 14.4 Å². The summed E-state index contributed by atoms with van der Waals surface area (Å²) in [4.78, 5) is 42.7. The van der Waals surface area contributed by atoms with E-state index in [1.165, 1.54) is 11.0 Å². The molecule has 0 radical (unpaired) electrons. The summed E-state index contributed by atoms with van der Waals surface area (Å²) in [6.45, 7) is 0. The Labute approximate surface area is 250 Å². The molecular weight excluding hydrogens is 581 g/mol. The van der Waals surface area contributed by atoms with Crippen molar-refractivity contribution in [3.63, 3.8) is 0 Å². The predicted octanol–water partition coefficient (Wildman–Crippen LogP) is 6.61. The maximum atomic E-state index is 14.4. The van der Waals surface area contributed by atoms with E-state index >= 15 is 0 Å². The zero-order valence-corrected chi connectivity index (χ0v) is 23.5. The van der Waals surface area contributed by atoms with Crippen molar-refractivity contribution in [2.24, 2.45) is 16.9 Å². The van der Waals surface area contributed by atoms with E-state index < -0.39 is 23.2 Å². The normalized spacial score (nSPS) is 23.9. The minimum atomic E-state index is -1.12. The first-order chi connectivity index (χ1) is 19.8. The lowest BCUT2D eigenvalue weighted by Crippen LogP contribution is -2.54. The maximum absolute atomic E-state index is 14.4. The Morgan fingerprint density at radius 3 is 2.05 bits per heavy atom. The molecule has 0 aromatic heterocycles. The van der Waals surface area contributed by atoms with E-state index in [2.05, 4.69) is 10.5 Å². The third-order valence-electron chi connectivity index (χ3n) is 8.38. The van der Waals surface area contributed by atoms with Gasteiger partial charge in [0.2, 0.25) is 11.8 Å². The van der Waals surface area contributed by atoms with Crippen molar-refractivity contribution >= 4 is 64.4 Å². The number of nitrogens with one attached hydrogen (secondary N) is 1. The molecule has 1 fully saturated rings. The molecule has 0 saturated carbocycles. The average molecular weight is 601 g/mol. The van der Waals surface area contributed by atoms with Gasteiger partial charge in [-0.3, -0.25) is 14.4 Å². The first kappa shape index (κ1) is 26.0. The highest BCUT2D eigenvalue weighted by Gasteiger charge is 2.68. The Hall–Kier alpha value is -3.97. The molecule has 3 amide bonds. The quantitative estimate of drug-likeness (QED) is 0.163. The molecule has 1 saturated heterocycles. The molecule has 4 aromatic rings. The molecule has 0 spiro atoms. The molecule has 4 aliphatic rings. The third-order valence-corrected chi connectivity index (χ3v) is 9.16. The van der Waals surface area contributed by atoms with E-state index in [-0.39, 0.29) is 28.4 Å². The van der Waals surface area contributed by atoms with Crippen molar-refractivity contribution in [2.45, 2.75) is 11.3 Å². The van der Waals surface area contributed by atoms with Crippen LogP contribution in [0.3, 0.4) is 0 Å². The highest BCUT2D eigenvalue weighted by Crippen LogP contribution is 2.63. The standard InChI is InChI=1S/C32H20Cl3N3O3/c33-18-11-9-17(10-12-18)29(39)37-36-16-32-22-7-3-1-5-20(22)26(21-6-2-4-8-23(21)32)27-28(32)31(41)38(30(27)40)25-14-13-19(34)15-24(25)35/h1-16,26-28H,(H,37,39)/b36-16-/t26?,27-,28+,32?/m1/s1. The summed E-state index contributed by atoms with van der Waals surface area (Å²) >= 11 is 18.6. The van der Waals surface area contributed by atoms with Gasteiger partial charge in [-0.05, 0) is 64.7 Å². The smallest absolute Gasteiger partial charge is 0.271 e. The topological polar surface area (TPSA) is 78.8 Å². The maximum Gasteiger partial charge on any atom is 0.271 e. The van der Waals surface area contributed by atoms with Gasteiger partial charge in [-0.1, -0.05) is 83.3 Å². The number of anilines is 1. The van der Waals surface area contributed by atoms with Crippen LogP contribution < -0.4 is 10.3 Å². The highest BCUT2D eigenvalue weighted by molar-refractivity contribution is 6.38. The Morgan fingerprint density at radius 1 is 0.805 bits per heavy atom. The van der Waals surface area contributed by atoms with Crippen LogP contribution in [-0.2, 0) is 15.0 Å². The Balaban J connectivity index is 1.40. The van der Waals surface area contributed by atoms with Crippen LogP contribution in [0.1, 0.15) is 38.5 Å². The number of rotatable bonds is 4. The number of carbonyl (C=O) groups excluding carboxylic acids is 3. The minimum absolute atomic E-state index is 0.207. The molecule has 6 nitrogen and oxygen atoms in total. The highest BCUT2D eigenvalue weighted by atomic mass is 35.5. The minimum Gasteiger partial charge on any atom is -0.274 e. The van der Waals surface area contributed by atoms with Gasteiger partial charge in [-0.2, -0.15) is 5.10 Å². The number of amides is 3. The number of halogens is 3. The van der Waals surface area contributed by atoms with Gasteiger partial charge >= 0.3 is 0 Å². The molecule has 2 bridgehead atoms. The largest absolute Gasteiger partial charge is 0.274 e. The van der Waals surface area contributed by atoms with Gasteiger partial charge in [0.15, 0.2) is 0 Å². The van der Waals surface area contributed by atoms with E-state index in [0.717, 1.165) is 22.3 Å². The second-order valence-electron chi connectivity index (χ2n) is 10.3. The monoisotopic (exact) mass is 599 g/mol. The van der Waals surface area contributed by atoms with Crippen LogP contribution in [0, 0.1) is 11.8 Å². The van der Waals surface area contributed by atoms with E-state index in [0.29, 0.717) is 15.6 Å². The molecular formula is C32H20Cl3N3O3. The molecule has 1 N–H and O–H groups in total. The van der Waals surface area contributed by atoms with Crippen LogP contribution in [0.5, 0.6) is 0 Å². The zero-order chi connectivity index (χ0) is 28.5. The second kappa shape index (κ2) is 9.55. The van der Waals surface area contributed by atoms with Crippen molar-refractivity contribution in [2.75, 3.05) is 4.90 Å². The fourth-order valence-electron chi connectivity index (χ4n) is 6.81. The van der Waals surface area contributed by atoms with Gasteiger partial charge in [0, 0.05) is 27.7 Å². The fraction of sp³-hybridized carbons (Fsp3) is 0.125. The molecule has 1 aliphatic heterocycles. The molecule has 1 heterocycles. The van der Waals surface area contributed by atoms with Crippen LogP contribution in [0.15, 0.2) is 96.1 Å². The number of hydrogen-bond acceptors (Lipinski definition) is 4. The molecule has 202 valence electrons. The Bertz CT molecular complexity index is 1760. The van der Waals surface area contributed by atoms with Gasteiger partial charge in [0.25, 0.3) is 5.91 Å². The second-order valence-corrected chi connectivity index (χ2v) is 11.6. The zero-order valence-electron chi connectivity index (χ0n) is 21.2. The summed E-state index contributed by atoms with van der Waals surface area (Å²) in [7, 11) is 0. The van der Waals surface area contributed by atoms with Gasteiger partial charge in [-0.25, -0.2) is 10.3 Å². The average Bonchev–Trinajstić information content (AvgIpc) is 3.24. The molecule has 8 rings (SSSR count). The molecule has 9 heteroatoms. The lowest BCUT2D eigenvalue weighted by molar-refractivity contribution is -0.122. The Morgan fingerprint density at radius 2 is 1.41 bits per heavy atom. The molecule has 4 aromatic carbocycles. The van der Waals surface area contributed by atoms with E-state index in [1.807, 2.05) is 48.5 Å². The first-order valence-electron chi connectivity index (χ1n) is 12.9. The van der Waals surface area contributed by atoms with Crippen molar-refractivity contribution < 1.29 is 14.4 Å². The van der Waals surface area contributed by atoms with Crippen molar-refractivity contribution in [1.82, 2.24) is 5.43 Å². The van der Waals surface area contributed by atoms with Gasteiger partial charge in [0.1, 0.15) is 0 Å². The lowest BCUT2D eigenvalue weighted by atomic mass is 9.47. The number of hydrogen-bond donors (Lipinski definition) is 1. The van der Waals surface area contributed by atoms with Gasteiger partial charge < -0.3 is 0 Å². The van der Waals surface area contributed by atoms with Crippen LogP contribution in [0.25, 0.3) is 0 Å². The van der Waals surface area contributed by atoms with Crippen molar-refractivity contribution in [1.29, 1.82) is 0 Å². The summed E-state index contributed by atoms with van der Waals surface area (Å²) in [5.41, 5.74) is 5.81. The fourth-order valence-corrected chi connectivity index (χ4v) is 7.43. The van der Waals surface area contributed by atoms with Crippen molar-refractivity contribution in [3.05, 3.63) is 134 Å². The predicted molar refractivity (Wildman–Crippen MR) is 159 cm³/mol. The van der Waals surface area contributed by atoms with Gasteiger partial charge in [-0.15, -0.1) is 0 Å². The number of benzene rings is 4. The van der Waals surface area contributed by atoms with Crippen LogP contribution in [0.4, 0.5) is 5.69 Å². The summed E-state index contributed by atoms with van der Waals surface area (Å²) < 4.78 is 0. The first-order valence-corrected chi connectivity index (χ1v) is 14.1. The van der Waals surface area contributed by atoms with Crippen LogP contribution in [-0.4, -0.2) is 23.9 Å². The third kappa shape index (κ3) is 3.71. The SMILES string of the molecule is O=C(N/N=C\C12c3ccccc3C(c3ccccc31)[C@H]1C(=O)N(c3ccc(Cl)cc3Cl)C(=O)[C@H]12)c1ccc(Cl)cc1. The molecule has 3 aliphatic carbocycles. The number of nitrogens with zero attached hydrogens (tertiary/aromatic N) is 2.